The number of hydrogen-bond donors (Lipinski definition) is 2. The molecule has 2 N–H and O–H groups in total. The Morgan fingerprint density at radius 2 is 2.07 bits per heavy atom. The molecule has 0 amide bonds. The van der Waals surface area contributed by atoms with Gasteiger partial charge >= 0.3 is 0 Å². The van der Waals surface area contributed by atoms with Crippen LogP contribution in [0.5, 0.6) is 5.75 Å². The third kappa shape index (κ3) is 2.81. The Balaban J connectivity index is 1.42. The van der Waals surface area contributed by atoms with Gasteiger partial charge in [0.25, 0.3) is 0 Å². The molecule has 3 heteroatoms. The molecule has 4 unspecified atom stereocenters. The number of phenolic OH excluding ortho intramolecular Hbond substituents is 1. The van der Waals surface area contributed by atoms with Gasteiger partial charge in [-0.05, 0) is 90.5 Å². The van der Waals surface area contributed by atoms with Crippen molar-refractivity contribution in [2.45, 2.75) is 57.0 Å². The number of aliphatic hydroxyl groups is 1. The molecule has 1 heterocycles. The molecule has 2 nitrogen and oxygen atoms in total. The summed E-state index contributed by atoms with van der Waals surface area (Å²) in [6, 6.07) is 5.98. The van der Waals surface area contributed by atoms with Gasteiger partial charge in [0.05, 0.1) is 5.60 Å². The second-order valence-corrected chi connectivity index (χ2v) is 10.3. The lowest BCUT2D eigenvalue weighted by atomic mass is 9.53. The zero-order valence-corrected chi connectivity index (χ0v) is 17.4. The summed E-state index contributed by atoms with van der Waals surface area (Å²) in [5, 5.41) is 23.8. The Morgan fingerprint density at radius 3 is 2.89 bits per heavy atom. The summed E-state index contributed by atoms with van der Waals surface area (Å²) in [4.78, 5) is 0. The molecule has 1 aliphatic heterocycles. The van der Waals surface area contributed by atoms with Gasteiger partial charge in [0.1, 0.15) is 5.75 Å². The van der Waals surface area contributed by atoms with Crippen LogP contribution in [0.15, 0.2) is 53.5 Å². The number of phenols is 1. The highest BCUT2D eigenvalue weighted by Crippen LogP contribution is 2.64. The van der Waals surface area contributed by atoms with E-state index in [4.69, 9.17) is 0 Å². The van der Waals surface area contributed by atoms with E-state index in [1.807, 2.05) is 23.9 Å². The third-order valence-corrected chi connectivity index (χ3v) is 9.02. The van der Waals surface area contributed by atoms with Crippen LogP contribution in [0.25, 0.3) is 0 Å². The number of rotatable bonds is 2. The normalized spacial score (nSPS) is 39.4. The average Bonchev–Trinajstić information content (AvgIpc) is 2.98. The fourth-order valence-corrected chi connectivity index (χ4v) is 7.30. The van der Waals surface area contributed by atoms with Gasteiger partial charge in [-0.1, -0.05) is 37.3 Å². The van der Waals surface area contributed by atoms with E-state index in [2.05, 4.69) is 42.7 Å². The molecule has 0 saturated heterocycles. The van der Waals surface area contributed by atoms with Crippen LogP contribution in [0.2, 0.25) is 0 Å². The maximum absolute atomic E-state index is 11.7. The fourth-order valence-electron chi connectivity index (χ4n) is 6.65. The SMILES string of the molecule is CC12CCC3c4ccc(O)cc4CCC3C1CC[C@@]2(O)C=CC1=CSCC=C1. The molecule has 5 atom stereocenters. The molecule has 0 bridgehead atoms. The first-order chi connectivity index (χ1) is 13.5. The molecular weight excluding hydrogens is 364 g/mol. The first kappa shape index (κ1) is 18.6. The number of thioether (sulfide) groups is 1. The van der Waals surface area contributed by atoms with Crippen molar-refractivity contribution in [2.24, 2.45) is 17.3 Å². The highest BCUT2D eigenvalue weighted by molar-refractivity contribution is 8.02. The number of benzene rings is 1. The molecule has 1 aromatic carbocycles. The van der Waals surface area contributed by atoms with Crippen LogP contribution in [0, 0.1) is 17.3 Å². The van der Waals surface area contributed by atoms with Crippen molar-refractivity contribution in [1.29, 1.82) is 0 Å². The van der Waals surface area contributed by atoms with Crippen molar-refractivity contribution in [1.82, 2.24) is 0 Å². The summed E-state index contributed by atoms with van der Waals surface area (Å²) in [5.41, 5.74) is 3.26. The second-order valence-electron chi connectivity index (χ2n) is 9.40. The number of hydrogen-bond acceptors (Lipinski definition) is 3. The van der Waals surface area contributed by atoms with Gasteiger partial charge in [-0.25, -0.2) is 0 Å². The zero-order chi connectivity index (χ0) is 19.4. The van der Waals surface area contributed by atoms with E-state index in [9.17, 15) is 10.2 Å². The number of allylic oxidation sites excluding steroid dienone is 3. The summed E-state index contributed by atoms with van der Waals surface area (Å²) in [6.45, 7) is 2.34. The average molecular weight is 395 g/mol. The van der Waals surface area contributed by atoms with Crippen LogP contribution in [-0.4, -0.2) is 21.6 Å². The molecule has 4 aliphatic rings. The number of aryl methyl sites for hydroxylation is 1. The molecule has 0 aromatic heterocycles. The van der Waals surface area contributed by atoms with E-state index >= 15 is 0 Å². The van der Waals surface area contributed by atoms with E-state index in [1.165, 1.54) is 23.1 Å². The van der Waals surface area contributed by atoms with E-state index in [1.54, 1.807) is 0 Å². The lowest BCUT2D eigenvalue weighted by Gasteiger charge is -2.52. The van der Waals surface area contributed by atoms with E-state index < -0.39 is 5.60 Å². The lowest BCUT2D eigenvalue weighted by Crippen LogP contribution is -2.49. The maximum Gasteiger partial charge on any atom is 0.115 e. The minimum atomic E-state index is -0.700. The van der Waals surface area contributed by atoms with Crippen LogP contribution in [-0.2, 0) is 6.42 Å². The monoisotopic (exact) mass is 394 g/mol. The first-order valence-corrected chi connectivity index (χ1v) is 11.8. The summed E-state index contributed by atoms with van der Waals surface area (Å²) >= 11 is 1.82. The standard InChI is InChI=1S/C25H30O2S/c1-24-11-9-21-20-7-5-19(26)15-18(20)4-6-22(21)23(24)10-13-25(24,27)12-8-17-3-2-14-28-16-17/h2-3,5,7-8,12,15-16,21-23,26-27H,4,6,9-11,13-14H2,1H3/t21?,22?,23?,24?,25-/m0/s1. The Kier molecular flexibility index (Phi) is 4.52. The number of aromatic hydroxyl groups is 1. The molecule has 2 saturated carbocycles. The van der Waals surface area contributed by atoms with E-state index in [-0.39, 0.29) is 5.41 Å². The Labute approximate surface area is 172 Å². The third-order valence-electron chi connectivity index (χ3n) is 8.20. The molecule has 0 spiro atoms. The van der Waals surface area contributed by atoms with Gasteiger partial charge in [-0.3, -0.25) is 0 Å². The van der Waals surface area contributed by atoms with Crippen molar-refractivity contribution < 1.29 is 10.2 Å². The molecule has 28 heavy (non-hydrogen) atoms. The van der Waals surface area contributed by atoms with Gasteiger partial charge < -0.3 is 10.2 Å². The predicted octanol–water partition coefficient (Wildman–Crippen LogP) is 5.72. The van der Waals surface area contributed by atoms with E-state index in [0.29, 0.717) is 23.5 Å². The van der Waals surface area contributed by atoms with Crippen molar-refractivity contribution in [3.05, 3.63) is 64.6 Å². The van der Waals surface area contributed by atoms with Gasteiger partial charge in [-0.15, -0.1) is 11.8 Å². The Bertz CT molecular complexity index is 869. The van der Waals surface area contributed by atoms with Gasteiger partial charge in [0.15, 0.2) is 0 Å². The molecule has 1 aromatic rings. The zero-order valence-electron chi connectivity index (χ0n) is 16.6. The highest BCUT2D eigenvalue weighted by atomic mass is 32.2. The largest absolute Gasteiger partial charge is 0.508 e. The number of fused-ring (bicyclic) bond motifs is 5. The quantitative estimate of drug-likeness (QED) is 0.674. The molecule has 0 radical (unpaired) electrons. The van der Waals surface area contributed by atoms with Gasteiger partial charge in [-0.2, -0.15) is 0 Å². The highest BCUT2D eigenvalue weighted by Gasteiger charge is 2.60. The minimum Gasteiger partial charge on any atom is -0.508 e. The molecule has 3 aliphatic carbocycles. The van der Waals surface area contributed by atoms with Gasteiger partial charge in [0, 0.05) is 11.2 Å². The predicted molar refractivity (Wildman–Crippen MR) is 116 cm³/mol. The second kappa shape index (κ2) is 6.81. The van der Waals surface area contributed by atoms with Crippen LogP contribution >= 0.6 is 11.8 Å². The van der Waals surface area contributed by atoms with E-state index in [0.717, 1.165) is 37.9 Å². The molecule has 148 valence electrons. The Hall–Kier alpha value is -1.45. The van der Waals surface area contributed by atoms with Crippen molar-refractivity contribution in [2.75, 3.05) is 5.75 Å². The summed E-state index contributed by atoms with van der Waals surface area (Å²) in [7, 11) is 0. The lowest BCUT2D eigenvalue weighted by molar-refractivity contribution is -0.0709. The van der Waals surface area contributed by atoms with Gasteiger partial charge in [0.2, 0.25) is 0 Å². The van der Waals surface area contributed by atoms with Crippen molar-refractivity contribution in [3.8, 4) is 5.75 Å². The van der Waals surface area contributed by atoms with Crippen LogP contribution < -0.4 is 0 Å². The topological polar surface area (TPSA) is 40.5 Å². The Morgan fingerprint density at radius 1 is 1.18 bits per heavy atom. The van der Waals surface area contributed by atoms with Crippen LogP contribution in [0.4, 0.5) is 0 Å². The summed E-state index contributed by atoms with van der Waals surface area (Å²) in [5.74, 6) is 3.26. The molecule has 2 fully saturated rings. The summed E-state index contributed by atoms with van der Waals surface area (Å²) < 4.78 is 0. The minimum absolute atomic E-state index is 0.0365. The van der Waals surface area contributed by atoms with Crippen molar-refractivity contribution >= 4 is 11.8 Å². The smallest absolute Gasteiger partial charge is 0.115 e. The van der Waals surface area contributed by atoms with Crippen molar-refractivity contribution in [3.63, 3.8) is 0 Å². The fraction of sp³-hybridized carbons (Fsp3) is 0.520. The molecule has 5 rings (SSSR count). The first-order valence-electron chi connectivity index (χ1n) is 10.7. The molecular formula is C25H30O2S. The summed E-state index contributed by atoms with van der Waals surface area (Å²) in [6.07, 6.45) is 15.1. The van der Waals surface area contributed by atoms with Crippen LogP contribution in [0.1, 0.15) is 56.1 Å². The maximum atomic E-state index is 11.7. The van der Waals surface area contributed by atoms with Crippen LogP contribution in [0.3, 0.4) is 0 Å².